The highest BCUT2D eigenvalue weighted by Gasteiger charge is 2.26. The van der Waals surface area contributed by atoms with Crippen LogP contribution in [0.2, 0.25) is 0 Å². The molecule has 0 bridgehead atoms. The van der Waals surface area contributed by atoms with Crippen molar-refractivity contribution >= 4 is 50.0 Å². The van der Waals surface area contributed by atoms with E-state index >= 15 is 0 Å². The van der Waals surface area contributed by atoms with Crippen molar-refractivity contribution in [2.24, 2.45) is 10.9 Å². The topological polar surface area (TPSA) is 74.6 Å². The van der Waals surface area contributed by atoms with E-state index in [-0.39, 0.29) is 0 Å². The fourth-order valence-electron chi connectivity index (χ4n) is 2.07. The molecule has 0 unspecified atom stereocenters. The number of benzene rings is 1. The Morgan fingerprint density at radius 1 is 1.50 bits per heavy atom. The van der Waals surface area contributed by atoms with Gasteiger partial charge in [0.25, 0.3) is 0 Å². The predicted octanol–water partition coefficient (Wildman–Crippen LogP) is 3.31. The maximum atomic E-state index is 11.0. The number of anilines is 1. The number of thiazole rings is 1. The summed E-state index contributed by atoms with van der Waals surface area (Å²) in [4.78, 5) is 19.8. The van der Waals surface area contributed by atoms with E-state index in [2.05, 4.69) is 35.2 Å². The van der Waals surface area contributed by atoms with E-state index in [1.807, 2.05) is 12.1 Å². The Balaban J connectivity index is 1.84. The van der Waals surface area contributed by atoms with E-state index in [0.29, 0.717) is 11.7 Å². The zero-order valence-electron chi connectivity index (χ0n) is 12.4. The molecule has 2 N–H and O–H groups in total. The fourth-order valence-corrected chi connectivity index (χ4v) is 4.17. The van der Waals surface area contributed by atoms with Crippen LogP contribution in [0.1, 0.15) is 18.9 Å². The van der Waals surface area contributed by atoms with Crippen LogP contribution < -0.4 is 5.32 Å². The molecule has 7 heteroatoms. The summed E-state index contributed by atoms with van der Waals surface area (Å²) in [5.74, 6) is 0.204. The average molecular weight is 335 g/mol. The zero-order chi connectivity index (χ0) is 15.7. The van der Waals surface area contributed by atoms with Crippen LogP contribution in [0.5, 0.6) is 0 Å². The van der Waals surface area contributed by atoms with Gasteiger partial charge in [-0.3, -0.25) is 4.99 Å². The second-order valence-electron chi connectivity index (χ2n) is 5.58. The second-order valence-corrected chi connectivity index (χ2v) is 7.61. The molecule has 1 aromatic carbocycles. The molecular weight excluding hydrogens is 318 g/mol. The number of thioether (sulfide) groups is 1. The van der Waals surface area contributed by atoms with Gasteiger partial charge in [-0.25, -0.2) is 9.78 Å². The lowest BCUT2D eigenvalue weighted by molar-refractivity contribution is -0.137. The summed E-state index contributed by atoms with van der Waals surface area (Å²) in [6.07, 6.45) is 0. The maximum absolute atomic E-state index is 11.0. The summed E-state index contributed by atoms with van der Waals surface area (Å²) < 4.78 is 1.09. The van der Waals surface area contributed by atoms with Crippen molar-refractivity contribution in [1.82, 2.24) is 4.98 Å². The third-order valence-corrected chi connectivity index (χ3v) is 5.43. The summed E-state index contributed by atoms with van der Waals surface area (Å²) in [6, 6.07) is 5.47. The van der Waals surface area contributed by atoms with Gasteiger partial charge in [0.2, 0.25) is 0 Å². The third kappa shape index (κ3) is 3.25. The first kappa shape index (κ1) is 15.3. The third-order valence-electron chi connectivity index (χ3n) is 3.22. The molecule has 1 aliphatic heterocycles. The molecular formula is C15H17N3O2S2. The molecule has 22 heavy (non-hydrogen) atoms. The zero-order valence-corrected chi connectivity index (χ0v) is 14.0. The smallest absolute Gasteiger partial charge is 0.329 e. The molecule has 1 aliphatic rings. The predicted molar refractivity (Wildman–Crippen MR) is 93.4 cm³/mol. The summed E-state index contributed by atoms with van der Waals surface area (Å²) in [6.45, 7) is 5.27. The highest BCUT2D eigenvalue weighted by atomic mass is 32.2. The number of carbonyl (C=O) groups is 1. The van der Waals surface area contributed by atoms with Gasteiger partial charge in [0.1, 0.15) is 10.1 Å². The summed E-state index contributed by atoms with van der Waals surface area (Å²) in [7, 11) is 0. The second kappa shape index (κ2) is 6.26. The summed E-state index contributed by atoms with van der Waals surface area (Å²) in [5, 5.41) is 14.0. The van der Waals surface area contributed by atoms with Crippen LogP contribution in [0.4, 0.5) is 5.69 Å². The molecule has 1 atom stereocenters. The van der Waals surface area contributed by atoms with Gasteiger partial charge in [-0.05, 0) is 24.1 Å². The van der Waals surface area contributed by atoms with Crippen LogP contribution in [-0.4, -0.2) is 39.4 Å². The minimum absolute atomic E-state index is 0.488. The Morgan fingerprint density at radius 2 is 2.32 bits per heavy atom. The van der Waals surface area contributed by atoms with Crippen LogP contribution in [0.3, 0.4) is 0 Å². The van der Waals surface area contributed by atoms with Gasteiger partial charge < -0.3 is 10.4 Å². The van der Waals surface area contributed by atoms with Gasteiger partial charge in [0.15, 0.2) is 6.04 Å². The fraction of sp³-hybridized carbons (Fsp3) is 0.400. The minimum atomic E-state index is -0.871. The van der Waals surface area contributed by atoms with Crippen molar-refractivity contribution in [2.75, 3.05) is 17.6 Å². The standard InChI is InChI=1S/C15H17N3O2S2/c1-8(2)6-16-9-3-4-10-12(5-9)22-14(17-10)13-18-11(7-21-13)15(19)20/h3-5,8,11,16H,6-7H2,1-2H3,(H,19,20)/t11-/m1/s1. The van der Waals surface area contributed by atoms with E-state index < -0.39 is 12.0 Å². The maximum Gasteiger partial charge on any atom is 0.329 e. The molecule has 0 saturated heterocycles. The summed E-state index contributed by atoms with van der Waals surface area (Å²) >= 11 is 3.03. The molecule has 0 fully saturated rings. The number of aromatic nitrogens is 1. The molecule has 5 nitrogen and oxygen atoms in total. The molecule has 116 valence electrons. The van der Waals surface area contributed by atoms with Gasteiger partial charge in [0, 0.05) is 18.0 Å². The van der Waals surface area contributed by atoms with E-state index in [0.717, 1.165) is 32.5 Å². The molecule has 0 radical (unpaired) electrons. The molecule has 2 heterocycles. The van der Waals surface area contributed by atoms with Crippen LogP contribution in [0.15, 0.2) is 23.2 Å². The van der Waals surface area contributed by atoms with Gasteiger partial charge in [-0.2, -0.15) is 0 Å². The van der Waals surface area contributed by atoms with Gasteiger partial charge in [-0.1, -0.05) is 13.8 Å². The number of hydrogen-bond donors (Lipinski definition) is 2. The molecule has 0 amide bonds. The molecule has 0 spiro atoms. The Morgan fingerprint density at radius 3 is 3.00 bits per heavy atom. The number of rotatable bonds is 5. The number of aliphatic carboxylic acids is 1. The van der Waals surface area contributed by atoms with Crippen molar-refractivity contribution in [1.29, 1.82) is 0 Å². The van der Waals surface area contributed by atoms with Crippen LogP contribution in [-0.2, 0) is 4.79 Å². The highest BCUT2D eigenvalue weighted by Crippen LogP contribution is 2.31. The van der Waals surface area contributed by atoms with Crippen molar-refractivity contribution in [2.45, 2.75) is 19.9 Å². The number of nitrogens with one attached hydrogen (secondary N) is 1. The number of hydrogen-bond acceptors (Lipinski definition) is 6. The van der Waals surface area contributed by atoms with Gasteiger partial charge in [-0.15, -0.1) is 23.1 Å². The van der Waals surface area contributed by atoms with Crippen molar-refractivity contribution in [3.8, 4) is 0 Å². The lowest BCUT2D eigenvalue weighted by atomic mass is 10.2. The van der Waals surface area contributed by atoms with Gasteiger partial charge in [0.05, 0.1) is 10.2 Å². The first-order chi connectivity index (χ1) is 10.5. The molecule has 3 rings (SSSR count). The molecule has 0 aliphatic carbocycles. The Kier molecular flexibility index (Phi) is 4.35. The van der Waals surface area contributed by atoms with E-state index in [1.165, 1.54) is 11.8 Å². The summed E-state index contributed by atoms with van der Waals surface area (Å²) in [5.41, 5.74) is 2.01. The number of carboxylic acid groups (broad SMARTS) is 1. The van der Waals surface area contributed by atoms with Crippen LogP contribution in [0.25, 0.3) is 10.2 Å². The first-order valence-corrected chi connectivity index (χ1v) is 8.91. The van der Waals surface area contributed by atoms with Crippen molar-refractivity contribution in [3.05, 3.63) is 23.2 Å². The number of aliphatic imine (C=N–C) groups is 1. The largest absolute Gasteiger partial charge is 0.480 e. The Labute approximate surface area is 136 Å². The molecule has 1 aromatic heterocycles. The average Bonchev–Trinajstić information content (AvgIpc) is 3.10. The molecule has 0 saturated carbocycles. The number of nitrogens with zero attached hydrogens (tertiary/aromatic N) is 2. The first-order valence-electron chi connectivity index (χ1n) is 7.11. The van der Waals surface area contributed by atoms with E-state index in [1.54, 1.807) is 11.3 Å². The van der Waals surface area contributed by atoms with Crippen LogP contribution >= 0.6 is 23.1 Å². The quantitative estimate of drug-likeness (QED) is 0.877. The van der Waals surface area contributed by atoms with E-state index in [4.69, 9.17) is 5.11 Å². The normalized spacial score (nSPS) is 18.0. The Bertz CT molecular complexity index is 739. The number of fused-ring (bicyclic) bond motifs is 1. The lowest BCUT2D eigenvalue weighted by Gasteiger charge is -2.08. The van der Waals surface area contributed by atoms with Crippen molar-refractivity contribution < 1.29 is 9.90 Å². The lowest BCUT2D eigenvalue weighted by Crippen LogP contribution is -2.17. The monoisotopic (exact) mass is 335 g/mol. The highest BCUT2D eigenvalue weighted by molar-refractivity contribution is 8.15. The van der Waals surface area contributed by atoms with E-state index in [9.17, 15) is 4.79 Å². The van der Waals surface area contributed by atoms with Crippen LogP contribution in [0, 0.1) is 5.92 Å². The SMILES string of the molecule is CC(C)CNc1ccc2nc(C3=N[C@@H](C(=O)O)CS3)sc2c1. The van der Waals surface area contributed by atoms with Gasteiger partial charge >= 0.3 is 5.97 Å². The van der Waals surface area contributed by atoms with Crippen molar-refractivity contribution in [3.63, 3.8) is 0 Å². The minimum Gasteiger partial charge on any atom is -0.480 e. The molecule has 2 aromatic rings. The number of carboxylic acids is 1. The Hall–Kier alpha value is -1.60.